The zero-order chi connectivity index (χ0) is 26.7. The van der Waals surface area contributed by atoms with Crippen molar-refractivity contribution in [3.05, 3.63) is 107 Å². The minimum atomic E-state index is -0.0991. The number of hydrogen-bond acceptors (Lipinski definition) is 6. The molecule has 196 valence electrons. The van der Waals surface area contributed by atoms with E-state index in [2.05, 4.69) is 6.58 Å². The fraction of sp³-hybridized carbons (Fsp3) is 0.226. The highest BCUT2D eigenvalue weighted by Gasteiger charge is 2.33. The predicted octanol–water partition coefficient (Wildman–Crippen LogP) is 6.64. The standard InChI is InChI=1S/C31H32N2O4S/c1-4-12-25-19-24(20-27(35-3)29(25)37-22-23-13-8-6-9-14-23)21-28-30(34)33(17-18-36-5-2)31(38-28)32-26-15-10-7-11-16-26/h4,6-11,13-16,19-21H,1,5,12,17-18,22H2,2-3H3/b28-21-,32-31?. The van der Waals surface area contributed by atoms with Crippen LogP contribution in [0.1, 0.15) is 23.6 Å². The van der Waals surface area contributed by atoms with E-state index in [-0.39, 0.29) is 5.91 Å². The molecule has 0 atom stereocenters. The van der Waals surface area contributed by atoms with E-state index in [4.69, 9.17) is 19.2 Å². The van der Waals surface area contributed by atoms with Crippen LogP contribution in [-0.4, -0.2) is 42.8 Å². The summed E-state index contributed by atoms with van der Waals surface area (Å²) in [5.74, 6) is 1.18. The Hall–Kier alpha value is -3.81. The molecule has 6 nitrogen and oxygen atoms in total. The van der Waals surface area contributed by atoms with E-state index >= 15 is 0 Å². The van der Waals surface area contributed by atoms with Crippen LogP contribution in [0.2, 0.25) is 0 Å². The number of thioether (sulfide) groups is 1. The first kappa shape index (κ1) is 27.2. The fourth-order valence-corrected chi connectivity index (χ4v) is 5.00. The van der Waals surface area contributed by atoms with Crippen molar-refractivity contribution in [2.24, 2.45) is 4.99 Å². The zero-order valence-corrected chi connectivity index (χ0v) is 22.6. The Bertz CT molecular complexity index is 1310. The van der Waals surface area contributed by atoms with Crippen LogP contribution >= 0.6 is 11.8 Å². The monoisotopic (exact) mass is 528 g/mol. The van der Waals surface area contributed by atoms with E-state index in [0.29, 0.717) is 54.4 Å². The summed E-state index contributed by atoms with van der Waals surface area (Å²) in [5.41, 5.74) is 3.63. The summed E-state index contributed by atoms with van der Waals surface area (Å²) in [6.07, 6.45) is 4.31. The normalized spacial score (nSPS) is 15.3. The van der Waals surface area contributed by atoms with E-state index < -0.39 is 0 Å². The first-order chi connectivity index (χ1) is 18.6. The van der Waals surface area contributed by atoms with Crippen molar-refractivity contribution in [3.8, 4) is 11.5 Å². The van der Waals surface area contributed by atoms with Gasteiger partial charge in [-0.15, -0.1) is 6.58 Å². The van der Waals surface area contributed by atoms with Crippen LogP contribution < -0.4 is 9.47 Å². The van der Waals surface area contributed by atoms with Crippen molar-refractivity contribution in [1.82, 2.24) is 4.90 Å². The number of ether oxygens (including phenoxy) is 3. The number of carbonyl (C=O) groups is 1. The Kier molecular flexibility index (Phi) is 9.78. The topological polar surface area (TPSA) is 60.4 Å². The van der Waals surface area contributed by atoms with Crippen molar-refractivity contribution in [1.29, 1.82) is 0 Å². The Morgan fingerprint density at radius 2 is 1.79 bits per heavy atom. The molecule has 38 heavy (non-hydrogen) atoms. The van der Waals surface area contributed by atoms with Crippen LogP contribution in [0, 0.1) is 0 Å². The molecule has 0 aromatic heterocycles. The van der Waals surface area contributed by atoms with Gasteiger partial charge in [0.1, 0.15) is 6.61 Å². The molecule has 3 aromatic rings. The molecule has 0 radical (unpaired) electrons. The average Bonchev–Trinajstić information content (AvgIpc) is 3.22. The number of amidine groups is 1. The van der Waals surface area contributed by atoms with Gasteiger partial charge in [0, 0.05) is 12.2 Å². The average molecular weight is 529 g/mol. The van der Waals surface area contributed by atoms with Crippen LogP contribution in [0.4, 0.5) is 5.69 Å². The summed E-state index contributed by atoms with van der Waals surface area (Å²) in [6, 6.07) is 23.5. The minimum Gasteiger partial charge on any atom is -0.493 e. The lowest BCUT2D eigenvalue weighted by Gasteiger charge is -2.16. The second-order valence-electron chi connectivity index (χ2n) is 8.47. The second-order valence-corrected chi connectivity index (χ2v) is 9.48. The number of methoxy groups -OCH3 is 1. The number of allylic oxidation sites excluding steroid dienone is 1. The van der Waals surface area contributed by atoms with Crippen LogP contribution in [0.3, 0.4) is 0 Å². The first-order valence-electron chi connectivity index (χ1n) is 12.5. The lowest BCUT2D eigenvalue weighted by Crippen LogP contribution is -2.32. The molecule has 1 heterocycles. The molecule has 7 heteroatoms. The quantitative estimate of drug-likeness (QED) is 0.150. The summed E-state index contributed by atoms with van der Waals surface area (Å²) < 4.78 is 17.4. The molecule has 0 bridgehead atoms. The molecular formula is C31H32N2O4S. The number of benzene rings is 3. The summed E-state index contributed by atoms with van der Waals surface area (Å²) >= 11 is 1.36. The molecule has 0 N–H and O–H groups in total. The van der Waals surface area contributed by atoms with Gasteiger partial charge in [-0.05, 0) is 66.6 Å². The number of carbonyl (C=O) groups excluding carboxylic acids is 1. The Morgan fingerprint density at radius 1 is 1.05 bits per heavy atom. The molecule has 3 aromatic carbocycles. The van der Waals surface area contributed by atoms with Gasteiger partial charge in [-0.3, -0.25) is 9.69 Å². The van der Waals surface area contributed by atoms with Crippen molar-refractivity contribution in [2.75, 3.05) is 26.9 Å². The molecule has 1 aliphatic heterocycles. The third-order valence-electron chi connectivity index (χ3n) is 5.79. The smallest absolute Gasteiger partial charge is 0.266 e. The molecule has 1 aliphatic rings. The Balaban J connectivity index is 1.65. The van der Waals surface area contributed by atoms with Gasteiger partial charge in [0.2, 0.25) is 0 Å². The first-order valence-corrected chi connectivity index (χ1v) is 13.4. The number of para-hydroxylation sites is 1. The number of aliphatic imine (C=N–C) groups is 1. The van der Waals surface area contributed by atoms with Crippen LogP contribution in [0.15, 0.2) is 95.3 Å². The van der Waals surface area contributed by atoms with Crippen molar-refractivity contribution >= 4 is 34.6 Å². The molecule has 0 unspecified atom stereocenters. The van der Waals surface area contributed by atoms with Gasteiger partial charge >= 0.3 is 0 Å². The molecular weight excluding hydrogens is 496 g/mol. The van der Waals surface area contributed by atoms with Crippen LogP contribution in [0.5, 0.6) is 11.5 Å². The second kappa shape index (κ2) is 13.7. The highest BCUT2D eigenvalue weighted by Crippen LogP contribution is 2.38. The van der Waals surface area contributed by atoms with Gasteiger partial charge in [0.05, 0.1) is 30.9 Å². The summed E-state index contributed by atoms with van der Waals surface area (Å²) in [4.78, 5) is 20.4. The van der Waals surface area contributed by atoms with E-state index in [1.165, 1.54) is 11.8 Å². The minimum absolute atomic E-state index is 0.0991. The van der Waals surface area contributed by atoms with Gasteiger partial charge < -0.3 is 14.2 Å². The summed E-state index contributed by atoms with van der Waals surface area (Å²) in [7, 11) is 1.62. The van der Waals surface area contributed by atoms with Gasteiger partial charge in [0.15, 0.2) is 16.7 Å². The molecule has 0 aliphatic carbocycles. The lowest BCUT2D eigenvalue weighted by atomic mass is 10.0. The number of hydrogen-bond donors (Lipinski definition) is 0. The number of amides is 1. The maximum absolute atomic E-state index is 13.4. The number of nitrogens with zero attached hydrogens (tertiary/aromatic N) is 2. The van der Waals surface area contributed by atoms with Crippen molar-refractivity contribution in [3.63, 3.8) is 0 Å². The fourth-order valence-electron chi connectivity index (χ4n) is 3.97. The third kappa shape index (κ3) is 6.94. The van der Waals surface area contributed by atoms with Crippen LogP contribution in [-0.2, 0) is 22.6 Å². The van der Waals surface area contributed by atoms with Crippen molar-refractivity contribution < 1.29 is 19.0 Å². The van der Waals surface area contributed by atoms with E-state index in [1.807, 2.05) is 91.9 Å². The highest BCUT2D eigenvalue weighted by atomic mass is 32.2. The van der Waals surface area contributed by atoms with Crippen molar-refractivity contribution in [2.45, 2.75) is 20.0 Å². The maximum atomic E-state index is 13.4. The summed E-state index contributed by atoms with van der Waals surface area (Å²) in [5, 5.41) is 0.633. The van der Waals surface area contributed by atoms with E-state index in [1.54, 1.807) is 12.0 Å². The molecule has 1 amide bonds. The highest BCUT2D eigenvalue weighted by molar-refractivity contribution is 8.18. The molecule has 1 saturated heterocycles. The Morgan fingerprint density at radius 3 is 2.47 bits per heavy atom. The SMILES string of the molecule is C=CCc1cc(/C=C2\SC(=Nc3ccccc3)N(CCOCC)C2=O)cc(OC)c1OCc1ccccc1. The van der Waals surface area contributed by atoms with Gasteiger partial charge in [0.25, 0.3) is 5.91 Å². The molecule has 1 fully saturated rings. The Labute approximate surface area is 228 Å². The largest absolute Gasteiger partial charge is 0.493 e. The van der Waals surface area contributed by atoms with Gasteiger partial charge in [-0.25, -0.2) is 4.99 Å². The van der Waals surface area contributed by atoms with E-state index in [9.17, 15) is 4.79 Å². The lowest BCUT2D eigenvalue weighted by molar-refractivity contribution is -0.122. The summed E-state index contributed by atoms with van der Waals surface area (Å²) in [6.45, 7) is 7.73. The molecule has 0 saturated carbocycles. The predicted molar refractivity (Wildman–Crippen MR) is 155 cm³/mol. The van der Waals surface area contributed by atoms with E-state index in [0.717, 1.165) is 22.4 Å². The maximum Gasteiger partial charge on any atom is 0.266 e. The van der Waals surface area contributed by atoms with Gasteiger partial charge in [-0.2, -0.15) is 0 Å². The number of rotatable bonds is 12. The zero-order valence-electron chi connectivity index (χ0n) is 21.8. The van der Waals surface area contributed by atoms with Crippen LogP contribution in [0.25, 0.3) is 6.08 Å². The third-order valence-corrected chi connectivity index (χ3v) is 6.80. The van der Waals surface area contributed by atoms with Gasteiger partial charge in [-0.1, -0.05) is 54.6 Å². The molecule has 4 rings (SSSR count). The molecule has 0 spiro atoms.